The van der Waals surface area contributed by atoms with E-state index in [1.807, 2.05) is 37.5 Å². The highest BCUT2D eigenvalue weighted by molar-refractivity contribution is 5.83. The van der Waals surface area contributed by atoms with Gasteiger partial charge < -0.3 is 20.5 Å². The molecule has 0 amide bonds. The Bertz CT molecular complexity index is 1360. The van der Waals surface area contributed by atoms with Crippen LogP contribution in [0.4, 0.5) is 20.5 Å². The van der Waals surface area contributed by atoms with Gasteiger partial charge in [-0.05, 0) is 70.5 Å². The molecule has 0 spiro atoms. The van der Waals surface area contributed by atoms with E-state index in [0.717, 1.165) is 44.2 Å². The average Bonchev–Trinajstić information content (AvgIpc) is 3.22. The number of fused-ring (bicyclic) bond motifs is 1. The third kappa shape index (κ3) is 5.05. The first-order valence-electron chi connectivity index (χ1n) is 12.3. The molecular formula is C26H30F2N8. The van der Waals surface area contributed by atoms with Crippen molar-refractivity contribution in [1.82, 2.24) is 35.1 Å². The number of aryl methyl sites for hydroxylation is 1. The van der Waals surface area contributed by atoms with E-state index >= 15 is 0 Å². The van der Waals surface area contributed by atoms with E-state index in [1.54, 1.807) is 12.3 Å². The first-order chi connectivity index (χ1) is 17.4. The lowest BCUT2D eigenvalue weighted by molar-refractivity contribution is 0.386. The zero-order chi connectivity index (χ0) is 25.2. The molecule has 4 heterocycles. The highest BCUT2D eigenvalue weighted by Gasteiger charge is 2.18. The summed E-state index contributed by atoms with van der Waals surface area (Å²) in [6.45, 7) is 8.64. The van der Waals surface area contributed by atoms with Crippen LogP contribution in [0.3, 0.4) is 0 Å². The van der Waals surface area contributed by atoms with Crippen molar-refractivity contribution in [3.63, 3.8) is 0 Å². The standard InChI is InChI=1S/C26H30F2N8/c1-15(2)36-16(3)33-25-20(27)10-18(11-22(25)36)24-21(28)14-32-26(35-24)34-23-5-4-17(13-31-23)12-30-19-6-8-29-9-7-19/h4-5,10-11,13-15,19,29-30H,6-9,12H2,1-3H3,(H,31,32,34,35). The minimum absolute atomic E-state index is 0.00486. The molecule has 10 heteroatoms. The largest absolute Gasteiger partial charge is 0.326 e. The van der Waals surface area contributed by atoms with Gasteiger partial charge in [-0.25, -0.2) is 28.7 Å². The van der Waals surface area contributed by atoms with Gasteiger partial charge in [0, 0.05) is 30.4 Å². The summed E-state index contributed by atoms with van der Waals surface area (Å²) in [4.78, 5) is 17.2. The second kappa shape index (κ2) is 10.2. The Labute approximate surface area is 208 Å². The zero-order valence-electron chi connectivity index (χ0n) is 20.6. The molecule has 8 nitrogen and oxygen atoms in total. The molecule has 1 aliphatic heterocycles. The average molecular weight is 493 g/mol. The second-order valence-electron chi connectivity index (χ2n) is 9.42. The Morgan fingerprint density at radius 3 is 2.58 bits per heavy atom. The topological polar surface area (TPSA) is 92.6 Å². The van der Waals surface area contributed by atoms with E-state index in [9.17, 15) is 8.78 Å². The van der Waals surface area contributed by atoms with Gasteiger partial charge in [0.15, 0.2) is 11.6 Å². The van der Waals surface area contributed by atoms with Gasteiger partial charge >= 0.3 is 0 Å². The summed E-state index contributed by atoms with van der Waals surface area (Å²) in [5, 5.41) is 9.95. The van der Waals surface area contributed by atoms with Crippen LogP contribution in [0.2, 0.25) is 0 Å². The number of rotatable bonds is 7. The molecule has 0 saturated carbocycles. The van der Waals surface area contributed by atoms with Crippen molar-refractivity contribution in [2.24, 2.45) is 0 Å². The second-order valence-corrected chi connectivity index (χ2v) is 9.42. The number of nitrogens with one attached hydrogen (secondary N) is 3. The van der Waals surface area contributed by atoms with Crippen LogP contribution in [0.5, 0.6) is 0 Å². The number of imidazole rings is 1. The summed E-state index contributed by atoms with van der Waals surface area (Å²) in [5.74, 6) is 0.246. The number of anilines is 2. The van der Waals surface area contributed by atoms with Crippen molar-refractivity contribution in [2.45, 2.75) is 52.2 Å². The maximum Gasteiger partial charge on any atom is 0.229 e. The molecule has 3 aromatic heterocycles. The molecule has 0 atom stereocenters. The fourth-order valence-electron chi connectivity index (χ4n) is 4.69. The molecule has 0 aliphatic carbocycles. The lowest BCUT2D eigenvalue weighted by atomic mass is 10.1. The summed E-state index contributed by atoms with van der Waals surface area (Å²) in [6, 6.07) is 7.38. The predicted octanol–water partition coefficient (Wildman–Crippen LogP) is 4.64. The molecular weight excluding hydrogens is 462 g/mol. The summed E-state index contributed by atoms with van der Waals surface area (Å²) < 4.78 is 31.6. The Morgan fingerprint density at radius 2 is 1.86 bits per heavy atom. The molecule has 0 unspecified atom stereocenters. The third-order valence-electron chi connectivity index (χ3n) is 6.46. The van der Waals surface area contributed by atoms with Gasteiger partial charge in [-0.3, -0.25) is 0 Å². The monoisotopic (exact) mass is 492 g/mol. The van der Waals surface area contributed by atoms with E-state index in [1.165, 1.54) is 6.07 Å². The molecule has 0 bridgehead atoms. The predicted molar refractivity (Wildman–Crippen MR) is 136 cm³/mol. The molecule has 4 aromatic rings. The molecule has 188 valence electrons. The lowest BCUT2D eigenvalue weighted by Gasteiger charge is -2.23. The van der Waals surface area contributed by atoms with Crippen LogP contribution in [0.25, 0.3) is 22.3 Å². The number of aromatic nitrogens is 5. The lowest BCUT2D eigenvalue weighted by Crippen LogP contribution is -2.39. The molecule has 1 aromatic carbocycles. The van der Waals surface area contributed by atoms with Crippen LogP contribution >= 0.6 is 0 Å². The summed E-state index contributed by atoms with van der Waals surface area (Å²) in [5.41, 5.74) is 2.25. The van der Waals surface area contributed by atoms with Crippen LogP contribution in [-0.4, -0.2) is 43.6 Å². The van der Waals surface area contributed by atoms with Gasteiger partial charge in [-0.2, -0.15) is 0 Å². The maximum atomic E-state index is 14.9. The molecule has 1 aliphatic rings. The highest BCUT2D eigenvalue weighted by atomic mass is 19.1. The Hall–Kier alpha value is -3.50. The summed E-state index contributed by atoms with van der Waals surface area (Å²) in [6.07, 6.45) is 5.11. The number of hydrogen-bond donors (Lipinski definition) is 3. The van der Waals surface area contributed by atoms with Crippen LogP contribution in [0, 0.1) is 18.6 Å². The van der Waals surface area contributed by atoms with Gasteiger partial charge in [-0.15, -0.1) is 0 Å². The number of pyridine rings is 1. The first kappa shape index (κ1) is 24.2. The van der Waals surface area contributed by atoms with Crippen molar-refractivity contribution in [3.05, 3.63) is 59.7 Å². The highest BCUT2D eigenvalue weighted by Crippen LogP contribution is 2.30. The van der Waals surface area contributed by atoms with Gasteiger partial charge in [0.1, 0.15) is 22.9 Å². The number of hydrogen-bond acceptors (Lipinski definition) is 7. The maximum absolute atomic E-state index is 14.9. The van der Waals surface area contributed by atoms with Crippen LogP contribution in [-0.2, 0) is 6.54 Å². The molecule has 36 heavy (non-hydrogen) atoms. The molecule has 1 fully saturated rings. The Kier molecular flexibility index (Phi) is 6.88. The fraction of sp³-hybridized carbons (Fsp3) is 0.385. The number of piperidine rings is 1. The van der Waals surface area contributed by atoms with E-state index in [4.69, 9.17) is 0 Å². The van der Waals surface area contributed by atoms with Crippen molar-refractivity contribution in [1.29, 1.82) is 0 Å². The number of nitrogens with zero attached hydrogens (tertiary/aromatic N) is 5. The Balaban J connectivity index is 1.35. The van der Waals surface area contributed by atoms with Crippen molar-refractivity contribution in [2.75, 3.05) is 18.4 Å². The van der Waals surface area contributed by atoms with Crippen molar-refractivity contribution in [3.8, 4) is 11.3 Å². The number of benzene rings is 1. The minimum Gasteiger partial charge on any atom is -0.326 e. The molecule has 3 N–H and O–H groups in total. The van der Waals surface area contributed by atoms with Crippen LogP contribution in [0.1, 0.15) is 44.1 Å². The summed E-state index contributed by atoms with van der Waals surface area (Å²) in [7, 11) is 0. The Morgan fingerprint density at radius 1 is 1.06 bits per heavy atom. The van der Waals surface area contributed by atoms with Crippen molar-refractivity contribution >= 4 is 22.8 Å². The number of halogens is 2. The molecule has 5 rings (SSSR count). The quantitative estimate of drug-likeness (QED) is 0.346. The molecule has 0 radical (unpaired) electrons. The van der Waals surface area contributed by atoms with E-state index < -0.39 is 11.6 Å². The molecule has 1 saturated heterocycles. The van der Waals surface area contributed by atoms with E-state index in [0.29, 0.717) is 28.8 Å². The van der Waals surface area contributed by atoms with Crippen LogP contribution in [0.15, 0.2) is 36.7 Å². The van der Waals surface area contributed by atoms with E-state index in [2.05, 4.69) is 35.9 Å². The van der Waals surface area contributed by atoms with Crippen LogP contribution < -0.4 is 16.0 Å². The summed E-state index contributed by atoms with van der Waals surface area (Å²) >= 11 is 0. The van der Waals surface area contributed by atoms with Gasteiger partial charge in [0.05, 0.1) is 11.7 Å². The first-order valence-corrected chi connectivity index (χ1v) is 12.3. The van der Waals surface area contributed by atoms with Crippen molar-refractivity contribution < 1.29 is 8.78 Å². The third-order valence-corrected chi connectivity index (χ3v) is 6.46. The normalized spacial score (nSPS) is 14.6. The van der Waals surface area contributed by atoms with E-state index in [-0.39, 0.29) is 23.2 Å². The fourth-order valence-corrected chi connectivity index (χ4v) is 4.69. The SMILES string of the molecule is Cc1nc2c(F)cc(-c3nc(Nc4ccc(CNC5CCNCC5)cn4)ncc3F)cc2n1C(C)C. The minimum atomic E-state index is -0.640. The zero-order valence-corrected chi connectivity index (χ0v) is 20.6. The van der Waals surface area contributed by atoms with Gasteiger partial charge in [0.2, 0.25) is 5.95 Å². The van der Waals surface area contributed by atoms with Gasteiger partial charge in [-0.1, -0.05) is 6.07 Å². The smallest absolute Gasteiger partial charge is 0.229 e. The van der Waals surface area contributed by atoms with Gasteiger partial charge in [0.25, 0.3) is 0 Å².